The highest BCUT2D eigenvalue weighted by molar-refractivity contribution is 7.89. The second kappa shape index (κ2) is 8.95. The summed E-state index contributed by atoms with van der Waals surface area (Å²) in [7, 11) is -3.70. The number of hydrogen-bond donors (Lipinski definition) is 1. The Morgan fingerprint density at radius 1 is 1.00 bits per heavy atom. The van der Waals surface area contributed by atoms with E-state index in [0.29, 0.717) is 23.5 Å². The first-order chi connectivity index (χ1) is 15.0. The lowest BCUT2D eigenvalue weighted by Gasteiger charge is -2.11. The minimum Gasteiger partial charge on any atom is -0.307 e. The van der Waals surface area contributed by atoms with Gasteiger partial charge in [0.25, 0.3) is 0 Å². The normalized spacial score (nSPS) is 11.8. The Morgan fingerprint density at radius 3 is 2.42 bits per heavy atom. The van der Waals surface area contributed by atoms with Gasteiger partial charge >= 0.3 is 0 Å². The molecule has 0 fully saturated rings. The van der Waals surface area contributed by atoms with Crippen molar-refractivity contribution in [2.24, 2.45) is 0 Å². The van der Waals surface area contributed by atoms with Gasteiger partial charge in [0, 0.05) is 6.20 Å². The van der Waals surface area contributed by atoms with E-state index >= 15 is 0 Å². The van der Waals surface area contributed by atoms with Gasteiger partial charge in [0.1, 0.15) is 17.2 Å². The van der Waals surface area contributed by atoms with Crippen LogP contribution in [0.5, 0.6) is 0 Å². The fourth-order valence-corrected chi connectivity index (χ4v) is 4.43. The van der Waals surface area contributed by atoms with E-state index in [9.17, 15) is 12.8 Å². The molecular weight excluding hydrogens is 415 g/mol. The molecule has 0 aliphatic heterocycles. The van der Waals surface area contributed by atoms with Crippen LogP contribution in [0.15, 0.2) is 71.8 Å². The first-order valence-electron chi connectivity index (χ1n) is 10.1. The van der Waals surface area contributed by atoms with Crippen molar-refractivity contribution in [1.29, 1.82) is 0 Å². The van der Waals surface area contributed by atoms with Crippen LogP contribution in [0.2, 0.25) is 0 Å². The summed E-state index contributed by atoms with van der Waals surface area (Å²) < 4.78 is 43.3. The first kappa shape index (κ1) is 21.1. The van der Waals surface area contributed by atoms with Gasteiger partial charge < -0.3 is 4.57 Å². The molecule has 2 heterocycles. The fraction of sp³-hybridized carbons (Fsp3) is 0.217. The lowest BCUT2D eigenvalue weighted by atomic mass is 10.1. The number of nitrogens with one attached hydrogen (secondary N) is 1. The molecule has 8 heteroatoms. The van der Waals surface area contributed by atoms with Gasteiger partial charge in [0.05, 0.1) is 18.0 Å². The molecule has 0 amide bonds. The van der Waals surface area contributed by atoms with Gasteiger partial charge in [0.2, 0.25) is 10.0 Å². The van der Waals surface area contributed by atoms with Crippen LogP contribution in [-0.4, -0.2) is 23.0 Å². The smallest absolute Gasteiger partial charge is 0.240 e. The summed E-state index contributed by atoms with van der Waals surface area (Å²) in [4.78, 5) is 9.17. The molecule has 4 aromatic rings. The molecule has 0 saturated carbocycles. The number of aryl methyl sites for hydroxylation is 1. The van der Waals surface area contributed by atoms with Gasteiger partial charge in [-0.15, -0.1) is 0 Å². The van der Waals surface area contributed by atoms with E-state index in [-0.39, 0.29) is 17.3 Å². The van der Waals surface area contributed by atoms with Gasteiger partial charge in [0.15, 0.2) is 5.65 Å². The van der Waals surface area contributed by atoms with Gasteiger partial charge in [-0.25, -0.2) is 27.5 Å². The number of halogens is 1. The maximum atomic E-state index is 13.3. The average Bonchev–Trinajstić information content (AvgIpc) is 3.12. The third kappa shape index (κ3) is 4.81. The van der Waals surface area contributed by atoms with Crippen molar-refractivity contribution in [3.05, 3.63) is 89.6 Å². The van der Waals surface area contributed by atoms with Gasteiger partial charge in [-0.3, -0.25) is 0 Å². The van der Waals surface area contributed by atoms with E-state index in [1.54, 1.807) is 36.5 Å². The van der Waals surface area contributed by atoms with E-state index in [1.165, 1.54) is 12.1 Å². The molecule has 0 aliphatic carbocycles. The maximum Gasteiger partial charge on any atom is 0.240 e. The predicted octanol–water partition coefficient (Wildman–Crippen LogP) is 4.05. The molecule has 0 atom stereocenters. The number of fused-ring (bicyclic) bond motifs is 1. The fourth-order valence-electron chi connectivity index (χ4n) is 3.45. The molecule has 0 unspecified atom stereocenters. The van der Waals surface area contributed by atoms with E-state index in [4.69, 9.17) is 0 Å². The number of hydrogen-bond acceptors (Lipinski definition) is 4. The molecular formula is C23H23FN4O2S. The summed E-state index contributed by atoms with van der Waals surface area (Å²) in [6.07, 6.45) is 3.58. The van der Waals surface area contributed by atoms with Crippen LogP contribution >= 0.6 is 0 Å². The third-order valence-corrected chi connectivity index (χ3v) is 6.45. The summed E-state index contributed by atoms with van der Waals surface area (Å²) in [5, 5.41) is 0. The molecule has 0 radical (unpaired) electrons. The van der Waals surface area contributed by atoms with Crippen molar-refractivity contribution in [1.82, 2.24) is 19.3 Å². The highest BCUT2D eigenvalue weighted by Crippen LogP contribution is 2.18. The summed E-state index contributed by atoms with van der Waals surface area (Å²) >= 11 is 0. The number of nitrogens with zero attached hydrogens (tertiary/aromatic N) is 3. The lowest BCUT2D eigenvalue weighted by Crippen LogP contribution is -2.25. The van der Waals surface area contributed by atoms with Crippen LogP contribution in [-0.2, 0) is 29.5 Å². The van der Waals surface area contributed by atoms with Crippen LogP contribution in [0, 0.1) is 5.82 Å². The van der Waals surface area contributed by atoms with Crippen molar-refractivity contribution in [3.63, 3.8) is 0 Å². The van der Waals surface area contributed by atoms with Crippen molar-refractivity contribution in [2.45, 2.75) is 37.8 Å². The second-order valence-corrected chi connectivity index (χ2v) is 9.07. The topological polar surface area (TPSA) is 76.9 Å². The van der Waals surface area contributed by atoms with Crippen LogP contribution in [0.4, 0.5) is 4.39 Å². The van der Waals surface area contributed by atoms with Crippen LogP contribution in [0.25, 0.3) is 11.2 Å². The molecule has 0 bridgehead atoms. The van der Waals surface area contributed by atoms with Crippen molar-refractivity contribution in [2.75, 3.05) is 0 Å². The Kier molecular flexibility index (Phi) is 6.11. The predicted molar refractivity (Wildman–Crippen MR) is 117 cm³/mol. The van der Waals surface area contributed by atoms with Crippen molar-refractivity contribution < 1.29 is 12.8 Å². The zero-order valence-corrected chi connectivity index (χ0v) is 17.9. The molecule has 0 aliphatic rings. The Hall–Kier alpha value is -3.10. The molecule has 160 valence electrons. The maximum absolute atomic E-state index is 13.3. The quantitative estimate of drug-likeness (QED) is 0.450. The standard InChI is InChI=1S/C23H23FN4O2S/c1-2-4-17-8-12-20(13-9-17)31(29,30)26-15-22-27-21-5-3-14-25-23(21)28(22)16-18-6-10-19(24)11-7-18/h3,5-14,26H,2,4,15-16H2,1H3. The molecule has 0 saturated heterocycles. The Balaban J connectivity index is 1.59. The molecule has 0 spiro atoms. The molecule has 6 nitrogen and oxygen atoms in total. The van der Waals surface area contributed by atoms with E-state index in [1.807, 2.05) is 22.8 Å². The van der Waals surface area contributed by atoms with Gasteiger partial charge in [-0.2, -0.15) is 0 Å². The summed E-state index contributed by atoms with van der Waals surface area (Å²) in [5.41, 5.74) is 3.28. The van der Waals surface area contributed by atoms with Crippen molar-refractivity contribution in [3.8, 4) is 0 Å². The molecule has 2 aromatic carbocycles. The van der Waals surface area contributed by atoms with Crippen molar-refractivity contribution >= 4 is 21.2 Å². The number of aromatic nitrogens is 3. The zero-order chi connectivity index (χ0) is 21.8. The SMILES string of the molecule is CCCc1ccc(S(=O)(=O)NCc2nc3cccnc3n2Cc2ccc(F)cc2)cc1. The van der Waals surface area contributed by atoms with E-state index in [2.05, 4.69) is 21.6 Å². The van der Waals surface area contributed by atoms with E-state index in [0.717, 1.165) is 24.0 Å². The second-order valence-electron chi connectivity index (χ2n) is 7.31. The van der Waals surface area contributed by atoms with Gasteiger partial charge in [-0.1, -0.05) is 37.6 Å². The largest absolute Gasteiger partial charge is 0.307 e. The Morgan fingerprint density at radius 2 is 1.71 bits per heavy atom. The number of benzene rings is 2. The van der Waals surface area contributed by atoms with Crippen LogP contribution < -0.4 is 4.72 Å². The minimum atomic E-state index is -3.70. The summed E-state index contributed by atoms with van der Waals surface area (Å²) in [6.45, 7) is 2.49. The number of sulfonamides is 1. The highest BCUT2D eigenvalue weighted by Gasteiger charge is 2.17. The molecule has 1 N–H and O–H groups in total. The number of imidazole rings is 1. The zero-order valence-electron chi connectivity index (χ0n) is 17.1. The highest BCUT2D eigenvalue weighted by atomic mass is 32.2. The van der Waals surface area contributed by atoms with Crippen LogP contribution in [0.1, 0.15) is 30.3 Å². The van der Waals surface area contributed by atoms with Crippen LogP contribution in [0.3, 0.4) is 0 Å². The molecule has 4 rings (SSSR count). The third-order valence-electron chi connectivity index (χ3n) is 5.03. The number of rotatable bonds is 8. The average molecular weight is 439 g/mol. The molecule has 31 heavy (non-hydrogen) atoms. The monoisotopic (exact) mass is 438 g/mol. The van der Waals surface area contributed by atoms with E-state index < -0.39 is 10.0 Å². The Labute approximate surface area is 180 Å². The summed E-state index contributed by atoms with van der Waals surface area (Å²) in [6, 6.07) is 16.7. The summed E-state index contributed by atoms with van der Waals surface area (Å²) in [5.74, 6) is 0.222. The molecule has 2 aromatic heterocycles. The lowest BCUT2D eigenvalue weighted by molar-refractivity contribution is 0.576. The number of pyridine rings is 1. The minimum absolute atomic E-state index is 0.0105. The Bertz CT molecular complexity index is 1280. The first-order valence-corrected chi connectivity index (χ1v) is 11.6. The van der Waals surface area contributed by atoms with Gasteiger partial charge in [-0.05, 0) is 53.9 Å².